The summed E-state index contributed by atoms with van der Waals surface area (Å²) in [7, 11) is 0. The third-order valence-electron chi connectivity index (χ3n) is 6.19. The normalized spacial score (nSPS) is 20.8. The van der Waals surface area contributed by atoms with Crippen molar-refractivity contribution in [1.82, 2.24) is 0 Å². The SMILES string of the molecule is CC1=C(C(=O)OCCc2ccccc2)C(c2ccc(C(F)(F)F)cc2)C2C(=O)CCCC2=N1. The Morgan fingerprint density at radius 2 is 1.73 bits per heavy atom. The van der Waals surface area contributed by atoms with Crippen LogP contribution >= 0.6 is 0 Å². The minimum Gasteiger partial charge on any atom is -0.462 e. The molecule has 1 heterocycles. The van der Waals surface area contributed by atoms with Crippen molar-refractivity contribution in [2.45, 2.75) is 44.7 Å². The molecule has 0 saturated heterocycles. The molecule has 172 valence electrons. The number of aliphatic imine (C=N–C) groups is 1. The number of carbonyl (C=O) groups is 2. The Morgan fingerprint density at radius 1 is 1.03 bits per heavy atom. The number of hydrogen-bond donors (Lipinski definition) is 0. The van der Waals surface area contributed by atoms with Crippen LogP contribution in [-0.2, 0) is 26.9 Å². The second-order valence-electron chi connectivity index (χ2n) is 8.37. The molecule has 4 rings (SSSR count). The summed E-state index contributed by atoms with van der Waals surface area (Å²) in [4.78, 5) is 30.6. The molecule has 7 heteroatoms. The van der Waals surface area contributed by atoms with Crippen molar-refractivity contribution in [3.05, 3.63) is 82.6 Å². The zero-order valence-corrected chi connectivity index (χ0v) is 18.2. The molecule has 1 saturated carbocycles. The van der Waals surface area contributed by atoms with Crippen LogP contribution in [0.15, 0.2) is 70.9 Å². The van der Waals surface area contributed by atoms with Crippen LogP contribution in [0.5, 0.6) is 0 Å². The van der Waals surface area contributed by atoms with Gasteiger partial charge in [0.05, 0.1) is 23.7 Å². The van der Waals surface area contributed by atoms with Gasteiger partial charge in [-0.3, -0.25) is 9.79 Å². The lowest BCUT2D eigenvalue weighted by Gasteiger charge is -2.35. The monoisotopic (exact) mass is 455 g/mol. The van der Waals surface area contributed by atoms with Crippen LogP contribution in [0.2, 0.25) is 0 Å². The van der Waals surface area contributed by atoms with E-state index in [1.165, 1.54) is 12.1 Å². The highest BCUT2D eigenvalue weighted by atomic mass is 19.4. The molecule has 2 aromatic carbocycles. The number of ether oxygens (including phenoxy) is 1. The molecule has 33 heavy (non-hydrogen) atoms. The number of allylic oxidation sites excluding steroid dienone is 1. The molecule has 2 unspecified atom stereocenters. The lowest BCUT2D eigenvalue weighted by molar-refractivity contribution is -0.140. The maximum Gasteiger partial charge on any atom is 0.416 e. The molecule has 0 radical (unpaired) electrons. The van der Waals surface area contributed by atoms with Crippen LogP contribution in [0.4, 0.5) is 13.2 Å². The Morgan fingerprint density at radius 3 is 2.39 bits per heavy atom. The van der Waals surface area contributed by atoms with E-state index in [9.17, 15) is 22.8 Å². The van der Waals surface area contributed by atoms with Gasteiger partial charge in [0.1, 0.15) is 5.78 Å². The van der Waals surface area contributed by atoms with Crippen molar-refractivity contribution in [3.8, 4) is 0 Å². The summed E-state index contributed by atoms with van der Waals surface area (Å²) in [6.07, 6.45) is -2.28. The van der Waals surface area contributed by atoms with E-state index in [1.807, 2.05) is 30.3 Å². The molecule has 1 fully saturated rings. The fourth-order valence-electron chi connectivity index (χ4n) is 4.61. The average Bonchev–Trinajstić information content (AvgIpc) is 2.78. The van der Waals surface area contributed by atoms with E-state index in [1.54, 1.807) is 6.92 Å². The Bertz CT molecular complexity index is 1100. The van der Waals surface area contributed by atoms with Gasteiger partial charge in [-0.1, -0.05) is 42.5 Å². The Hall–Kier alpha value is -3.22. The number of halogens is 3. The van der Waals surface area contributed by atoms with Gasteiger partial charge >= 0.3 is 12.1 Å². The zero-order valence-electron chi connectivity index (χ0n) is 18.2. The minimum atomic E-state index is -4.47. The maximum atomic E-state index is 13.1. The highest BCUT2D eigenvalue weighted by molar-refractivity contribution is 6.11. The van der Waals surface area contributed by atoms with Gasteiger partial charge in [0, 0.05) is 30.2 Å². The summed E-state index contributed by atoms with van der Waals surface area (Å²) in [5.41, 5.74) is 2.09. The van der Waals surface area contributed by atoms with E-state index in [4.69, 9.17) is 4.74 Å². The summed E-state index contributed by atoms with van der Waals surface area (Å²) >= 11 is 0. The van der Waals surface area contributed by atoms with Crippen molar-refractivity contribution in [3.63, 3.8) is 0 Å². The van der Waals surface area contributed by atoms with Gasteiger partial charge in [0.15, 0.2) is 0 Å². The fraction of sp³-hybridized carbons (Fsp3) is 0.346. The van der Waals surface area contributed by atoms with E-state index in [0.29, 0.717) is 42.7 Å². The van der Waals surface area contributed by atoms with Gasteiger partial charge in [-0.05, 0) is 43.0 Å². The van der Waals surface area contributed by atoms with Crippen LogP contribution in [0.3, 0.4) is 0 Å². The first kappa shape index (κ1) is 23.0. The Labute approximate surface area is 190 Å². The van der Waals surface area contributed by atoms with E-state index in [-0.39, 0.29) is 18.0 Å². The molecule has 2 aliphatic rings. The molecule has 1 aliphatic heterocycles. The third-order valence-corrected chi connectivity index (χ3v) is 6.19. The molecule has 2 atom stereocenters. The fourth-order valence-corrected chi connectivity index (χ4v) is 4.61. The van der Waals surface area contributed by atoms with E-state index in [0.717, 1.165) is 17.7 Å². The molecule has 0 aromatic heterocycles. The van der Waals surface area contributed by atoms with Crippen LogP contribution in [0.25, 0.3) is 0 Å². The number of rotatable bonds is 5. The Kier molecular flexibility index (Phi) is 6.49. The summed E-state index contributed by atoms with van der Waals surface area (Å²) in [5.74, 6) is -2.01. The van der Waals surface area contributed by atoms with Gasteiger partial charge in [-0.2, -0.15) is 13.2 Å². The predicted molar refractivity (Wildman–Crippen MR) is 118 cm³/mol. The molecule has 0 bridgehead atoms. The number of carbonyl (C=O) groups excluding carboxylic acids is 2. The largest absolute Gasteiger partial charge is 0.462 e. The second-order valence-corrected chi connectivity index (χ2v) is 8.37. The van der Waals surface area contributed by atoms with E-state index < -0.39 is 29.5 Å². The Balaban J connectivity index is 1.65. The maximum absolute atomic E-state index is 13.1. The first-order chi connectivity index (χ1) is 15.8. The highest BCUT2D eigenvalue weighted by Gasteiger charge is 2.44. The average molecular weight is 455 g/mol. The van der Waals surface area contributed by atoms with E-state index in [2.05, 4.69) is 4.99 Å². The highest BCUT2D eigenvalue weighted by Crippen LogP contribution is 2.43. The summed E-state index contributed by atoms with van der Waals surface area (Å²) in [6, 6.07) is 14.2. The van der Waals surface area contributed by atoms with Crippen LogP contribution in [0.1, 0.15) is 48.8 Å². The zero-order chi connectivity index (χ0) is 23.6. The molecule has 0 amide bonds. The smallest absolute Gasteiger partial charge is 0.416 e. The van der Waals surface area contributed by atoms with Crippen LogP contribution in [-0.4, -0.2) is 24.1 Å². The van der Waals surface area contributed by atoms with Crippen molar-refractivity contribution in [1.29, 1.82) is 0 Å². The van der Waals surface area contributed by atoms with Gasteiger partial charge in [0.2, 0.25) is 0 Å². The van der Waals surface area contributed by atoms with Crippen LogP contribution in [0, 0.1) is 5.92 Å². The standard InChI is InChI=1S/C26H24F3NO3/c1-16-22(25(32)33-15-14-17-6-3-2-4-7-17)23(24-20(30-16)8-5-9-21(24)31)18-10-12-19(13-11-18)26(27,28)29/h2-4,6-7,10-13,23-24H,5,8-9,14-15H2,1H3. The summed E-state index contributed by atoms with van der Waals surface area (Å²) in [5, 5.41) is 0. The lowest BCUT2D eigenvalue weighted by atomic mass is 9.69. The van der Waals surface area contributed by atoms with Crippen molar-refractivity contribution in [2.75, 3.05) is 6.61 Å². The van der Waals surface area contributed by atoms with Crippen molar-refractivity contribution >= 4 is 17.5 Å². The van der Waals surface area contributed by atoms with Gasteiger partial charge in [0.25, 0.3) is 0 Å². The minimum absolute atomic E-state index is 0.0491. The predicted octanol–water partition coefficient (Wildman–Crippen LogP) is 5.67. The number of esters is 1. The lowest BCUT2D eigenvalue weighted by Crippen LogP contribution is -2.39. The molecule has 0 N–H and O–H groups in total. The number of benzene rings is 2. The van der Waals surface area contributed by atoms with Gasteiger partial charge in [-0.25, -0.2) is 4.79 Å². The van der Waals surface area contributed by atoms with Gasteiger partial charge in [-0.15, -0.1) is 0 Å². The molecule has 4 nitrogen and oxygen atoms in total. The summed E-state index contributed by atoms with van der Waals surface area (Å²) in [6.45, 7) is 1.84. The first-order valence-electron chi connectivity index (χ1n) is 10.9. The number of nitrogens with zero attached hydrogens (tertiary/aromatic N) is 1. The number of fused-ring (bicyclic) bond motifs is 1. The topological polar surface area (TPSA) is 55.7 Å². The second kappa shape index (κ2) is 9.33. The molecular weight excluding hydrogens is 431 g/mol. The van der Waals surface area contributed by atoms with Crippen LogP contribution < -0.4 is 0 Å². The van der Waals surface area contributed by atoms with E-state index >= 15 is 0 Å². The number of Topliss-reactive ketones (excluding diaryl/α,β-unsaturated/α-hetero) is 1. The van der Waals surface area contributed by atoms with Crippen molar-refractivity contribution < 1.29 is 27.5 Å². The quantitative estimate of drug-likeness (QED) is 0.546. The van der Waals surface area contributed by atoms with Crippen molar-refractivity contribution in [2.24, 2.45) is 10.9 Å². The number of hydrogen-bond acceptors (Lipinski definition) is 4. The third kappa shape index (κ3) is 4.92. The molecule has 2 aromatic rings. The molecular formula is C26H24F3NO3. The molecule has 0 spiro atoms. The first-order valence-corrected chi connectivity index (χ1v) is 10.9. The molecule has 1 aliphatic carbocycles. The number of ketones is 1. The number of alkyl halides is 3. The summed E-state index contributed by atoms with van der Waals surface area (Å²) < 4.78 is 44.8. The van der Waals surface area contributed by atoms with Gasteiger partial charge < -0.3 is 4.74 Å².